The molecule has 0 bridgehead atoms. The number of nitrogens with one attached hydrogen (secondary N) is 2. The molecule has 3 aromatic carbocycles. The maximum absolute atomic E-state index is 12.4. The molecule has 0 atom stereocenters. The van der Waals surface area contributed by atoms with Crippen molar-refractivity contribution in [3.05, 3.63) is 71.8 Å². The zero-order valence-electron chi connectivity index (χ0n) is 12.3. The van der Waals surface area contributed by atoms with Crippen LogP contribution in [0.2, 0.25) is 0 Å². The molecule has 0 aliphatic carbocycles. The number of benzene rings is 3. The van der Waals surface area contributed by atoms with Crippen molar-refractivity contribution in [2.24, 2.45) is 0 Å². The lowest BCUT2D eigenvalue weighted by Crippen LogP contribution is -2.12. The van der Waals surface area contributed by atoms with Crippen molar-refractivity contribution >= 4 is 34.0 Å². The van der Waals surface area contributed by atoms with E-state index in [9.17, 15) is 9.59 Å². The Bertz CT molecular complexity index is 947. The number of carbonyl (C=O) groups is 2. The summed E-state index contributed by atoms with van der Waals surface area (Å²) in [5, 5.41) is 7.79. The molecule has 1 aliphatic heterocycles. The predicted molar refractivity (Wildman–Crippen MR) is 90.7 cm³/mol. The molecule has 0 radical (unpaired) electrons. The van der Waals surface area contributed by atoms with Gasteiger partial charge in [-0.25, -0.2) is 0 Å². The molecular weight excluding hydrogens is 288 g/mol. The van der Waals surface area contributed by atoms with Crippen LogP contribution in [0.15, 0.2) is 60.7 Å². The number of anilines is 2. The molecule has 4 nitrogen and oxygen atoms in total. The molecule has 4 heteroatoms. The molecule has 0 saturated heterocycles. The number of hydrogen-bond acceptors (Lipinski definition) is 2. The quantitative estimate of drug-likeness (QED) is 0.760. The Kier molecular flexibility index (Phi) is 3.08. The van der Waals surface area contributed by atoms with Gasteiger partial charge in [-0.15, -0.1) is 0 Å². The maximum atomic E-state index is 12.4. The van der Waals surface area contributed by atoms with Gasteiger partial charge in [-0.3, -0.25) is 9.59 Å². The van der Waals surface area contributed by atoms with E-state index in [1.165, 1.54) is 0 Å². The smallest absolute Gasteiger partial charge is 0.255 e. The van der Waals surface area contributed by atoms with E-state index < -0.39 is 0 Å². The van der Waals surface area contributed by atoms with Crippen LogP contribution in [0.5, 0.6) is 0 Å². The monoisotopic (exact) mass is 302 g/mol. The van der Waals surface area contributed by atoms with Gasteiger partial charge in [-0.1, -0.05) is 36.4 Å². The first kappa shape index (κ1) is 13.5. The minimum Gasteiger partial charge on any atom is -0.325 e. The Morgan fingerprint density at radius 3 is 2.65 bits per heavy atom. The highest BCUT2D eigenvalue weighted by Gasteiger charge is 2.18. The van der Waals surface area contributed by atoms with Crippen LogP contribution in [0.3, 0.4) is 0 Å². The summed E-state index contributed by atoms with van der Waals surface area (Å²) in [6.45, 7) is 0. The van der Waals surface area contributed by atoms with E-state index in [1.54, 1.807) is 6.07 Å². The van der Waals surface area contributed by atoms with Gasteiger partial charge in [0.05, 0.1) is 6.42 Å². The van der Waals surface area contributed by atoms with Crippen molar-refractivity contribution in [2.75, 3.05) is 10.6 Å². The van der Waals surface area contributed by atoms with E-state index >= 15 is 0 Å². The van der Waals surface area contributed by atoms with E-state index in [2.05, 4.69) is 10.6 Å². The summed E-state index contributed by atoms with van der Waals surface area (Å²) in [6.07, 6.45) is 0.397. The molecule has 3 aromatic rings. The average Bonchev–Trinajstić information content (AvgIpc) is 2.93. The van der Waals surface area contributed by atoms with Gasteiger partial charge in [0.25, 0.3) is 5.91 Å². The Hall–Kier alpha value is -3.14. The minimum absolute atomic E-state index is 0.0157. The molecule has 0 aromatic heterocycles. The van der Waals surface area contributed by atoms with E-state index in [0.717, 1.165) is 22.0 Å². The second-order valence-corrected chi connectivity index (χ2v) is 5.61. The van der Waals surface area contributed by atoms with Crippen LogP contribution < -0.4 is 10.6 Å². The summed E-state index contributed by atoms with van der Waals surface area (Å²) in [6, 6.07) is 19.0. The van der Waals surface area contributed by atoms with E-state index in [-0.39, 0.29) is 11.8 Å². The first-order chi connectivity index (χ1) is 11.2. The molecule has 1 aliphatic rings. The van der Waals surface area contributed by atoms with Crippen molar-refractivity contribution in [3.8, 4) is 0 Å². The predicted octanol–water partition coefficient (Wildman–Crippen LogP) is 3.59. The summed E-state index contributed by atoms with van der Waals surface area (Å²) in [5.41, 5.74) is 3.00. The second kappa shape index (κ2) is 5.25. The van der Waals surface area contributed by atoms with Crippen LogP contribution in [-0.4, -0.2) is 11.8 Å². The Morgan fingerprint density at radius 1 is 0.957 bits per heavy atom. The lowest BCUT2D eigenvalue weighted by molar-refractivity contribution is -0.115. The number of hydrogen-bond donors (Lipinski definition) is 2. The fourth-order valence-corrected chi connectivity index (χ4v) is 2.83. The molecule has 0 spiro atoms. The highest BCUT2D eigenvalue weighted by atomic mass is 16.2. The van der Waals surface area contributed by atoms with Gasteiger partial charge in [0.1, 0.15) is 0 Å². The van der Waals surface area contributed by atoms with Crippen molar-refractivity contribution < 1.29 is 9.59 Å². The highest BCUT2D eigenvalue weighted by molar-refractivity contribution is 6.07. The first-order valence-corrected chi connectivity index (χ1v) is 7.42. The third kappa shape index (κ3) is 2.55. The molecule has 2 N–H and O–H groups in total. The molecule has 0 unspecified atom stereocenters. The number of amides is 2. The standard InChI is InChI=1S/C19H14N2O2/c22-18-10-14-7-8-16(11-17(14)21-18)20-19(23)15-6-5-12-3-1-2-4-13(12)9-15/h1-9,11H,10H2,(H,20,23)(H,21,22). The van der Waals surface area contributed by atoms with Crippen LogP contribution in [0.25, 0.3) is 10.8 Å². The number of fused-ring (bicyclic) bond motifs is 2. The number of carbonyl (C=O) groups excluding carboxylic acids is 2. The van der Waals surface area contributed by atoms with Crippen molar-refractivity contribution in [1.82, 2.24) is 0 Å². The molecule has 4 rings (SSSR count). The van der Waals surface area contributed by atoms with Gasteiger partial charge in [0.2, 0.25) is 5.91 Å². The third-order valence-corrected chi connectivity index (χ3v) is 4.00. The lowest BCUT2D eigenvalue weighted by atomic mass is 10.1. The summed E-state index contributed by atoms with van der Waals surface area (Å²) in [5.74, 6) is -0.182. The first-order valence-electron chi connectivity index (χ1n) is 7.42. The van der Waals surface area contributed by atoms with Gasteiger partial charge in [0.15, 0.2) is 0 Å². The second-order valence-electron chi connectivity index (χ2n) is 5.61. The molecule has 2 amide bonds. The van der Waals surface area contributed by atoms with Gasteiger partial charge < -0.3 is 10.6 Å². The van der Waals surface area contributed by atoms with Crippen LogP contribution in [0.1, 0.15) is 15.9 Å². The van der Waals surface area contributed by atoms with E-state index in [1.807, 2.05) is 54.6 Å². The highest BCUT2D eigenvalue weighted by Crippen LogP contribution is 2.26. The molecule has 1 heterocycles. The van der Waals surface area contributed by atoms with Crippen molar-refractivity contribution in [3.63, 3.8) is 0 Å². The average molecular weight is 302 g/mol. The van der Waals surface area contributed by atoms with E-state index in [0.29, 0.717) is 17.7 Å². The lowest BCUT2D eigenvalue weighted by Gasteiger charge is -2.08. The van der Waals surface area contributed by atoms with Gasteiger partial charge in [0, 0.05) is 16.9 Å². The van der Waals surface area contributed by atoms with Crippen molar-refractivity contribution in [2.45, 2.75) is 6.42 Å². The summed E-state index contributed by atoms with van der Waals surface area (Å²) < 4.78 is 0. The zero-order valence-corrected chi connectivity index (χ0v) is 12.3. The van der Waals surface area contributed by atoms with Crippen molar-refractivity contribution in [1.29, 1.82) is 0 Å². The Labute approximate surface area is 133 Å². The fourth-order valence-electron chi connectivity index (χ4n) is 2.83. The summed E-state index contributed by atoms with van der Waals surface area (Å²) in [4.78, 5) is 23.8. The Balaban J connectivity index is 1.59. The third-order valence-electron chi connectivity index (χ3n) is 4.00. The van der Waals surface area contributed by atoms with E-state index in [4.69, 9.17) is 0 Å². The molecule has 0 saturated carbocycles. The van der Waals surface area contributed by atoms with Crippen LogP contribution >= 0.6 is 0 Å². The van der Waals surface area contributed by atoms with Gasteiger partial charge in [-0.2, -0.15) is 0 Å². The zero-order chi connectivity index (χ0) is 15.8. The van der Waals surface area contributed by atoms with Gasteiger partial charge >= 0.3 is 0 Å². The summed E-state index contributed by atoms with van der Waals surface area (Å²) in [7, 11) is 0. The molecule has 23 heavy (non-hydrogen) atoms. The van der Waals surface area contributed by atoms with Crippen LogP contribution in [-0.2, 0) is 11.2 Å². The number of rotatable bonds is 2. The normalized spacial score (nSPS) is 12.8. The largest absolute Gasteiger partial charge is 0.325 e. The summed E-state index contributed by atoms with van der Waals surface area (Å²) >= 11 is 0. The molecule has 0 fully saturated rings. The van der Waals surface area contributed by atoms with Crippen LogP contribution in [0, 0.1) is 0 Å². The van der Waals surface area contributed by atoms with Crippen LogP contribution in [0.4, 0.5) is 11.4 Å². The Morgan fingerprint density at radius 2 is 1.78 bits per heavy atom. The maximum Gasteiger partial charge on any atom is 0.255 e. The topological polar surface area (TPSA) is 58.2 Å². The minimum atomic E-state index is -0.167. The molecular formula is C19H14N2O2. The van der Waals surface area contributed by atoms with Gasteiger partial charge in [-0.05, 0) is 40.6 Å². The fraction of sp³-hybridized carbons (Fsp3) is 0.0526. The SMILES string of the molecule is O=C1Cc2ccc(NC(=O)c3ccc4ccccc4c3)cc2N1. The molecule has 112 valence electrons.